The highest BCUT2D eigenvalue weighted by Gasteiger charge is 2.37. The number of nitro groups is 2. The zero-order valence-electron chi connectivity index (χ0n) is 34.4. The topological polar surface area (TPSA) is 372 Å². The molecule has 1 unspecified atom stereocenters. The third kappa shape index (κ3) is 15.6. The van der Waals surface area contributed by atoms with Crippen molar-refractivity contribution in [1.82, 2.24) is 31.9 Å². The van der Waals surface area contributed by atoms with Crippen molar-refractivity contribution in [2.75, 3.05) is 31.1 Å². The molecule has 0 spiro atoms. The number of anilines is 1. The summed E-state index contributed by atoms with van der Waals surface area (Å²) >= 11 is 0. The molecule has 60 heavy (non-hydrogen) atoms. The van der Waals surface area contributed by atoms with E-state index in [-0.39, 0.29) is 49.9 Å². The number of benzene rings is 1. The molecular formula is C36H57N13O11. The van der Waals surface area contributed by atoms with Crippen molar-refractivity contribution in [3.63, 3.8) is 0 Å². The fourth-order valence-corrected chi connectivity index (χ4v) is 6.25. The first-order valence-electron chi connectivity index (χ1n) is 19.5. The highest BCUT2D eigenvalue weighted by Crippen LogP contribution is 2.36. The second-order valence-electron chi connectivity index (χ2n) is 14.8. The normalized spacial score (nSPS) is 15.9. The number of hydrogen-bond donors (Lipinski definition) is 9. The van der Waals surface area contributed by atoms with Crippen LogP contribution in [0.15, 0.2) is 23.2 Å². The summed E-state index contributed by atoms with van der Waals surface area (Å²) in [6, 6.07) is -2.25. The second-order valence-corrected chi connectivity index (χ2v) is 14.8. The number of non-ortho nitro benzene ring substituents is 1. The fraction of sp³-hybridized carbons (Fsp3) is 0.611. The number of hydrogen-bond acceptors (Lipinski definition) is 13. The zero-order chi connectivity index (χ0) is 45.3. The number of nitro benzene ring substituents is 2. The van der Waals surface area contributed by atoms with Crippen LogP contribution in [0.1, 0.15) is 73.1 Å². The molecule has 0 bridgehead atoms. The minimum atomic E-state index is -1.16. The van der Waals surface area contributed by atoms with E-state index in [1.165, 1.54) is 17.9 Å². The van der Waals surface area contributed by atoms with Gasteiger partial charge in [0.15, 0.2) is 5.96 Å². The van der Waals surface area contributed by atoms with E-state index in [1.807, 2.05) is 13.8 Å². The molecule has 1 fully saturated rings. The fourth-order valence-electron chi connectivity index (χ4n) is 6.25. The van der Waals surface area contributed by atoms with E-state index in [0.29, 0.717) is 19.3 Å². The first kappa shape index (κ1) is 49.5. The van der Waals surface area contributed by atoms with Crippen LogP contribution in [0.3, 0.4) is 0 Å². The Hall–Kier alpha value is -6.62. The van der Waals surface area contributed by atoms with Gasteiger partial charge in [-0.3, -0.25) is 58.8 Å². The van der Waals surface area contributed by atoms with Crippen LogP contribution in [0.2, 0.25) is 0 Å². The molecule has 1 aliphatic heterocycles. The SMILES string of the molecule is CCC(C)[C@H](NC(=O)CNC(=O)[C@H](CC(C)C)NC(=O)[C@@H]1CCCN1c1ccc([N+](=O)[O-])cc1[N+](=O)[O-])C(=O)N[C@@H](C)C(=O)NCC(=O)N[C@@H](CCCN=C(N)N)C(N)=O. The Morgan fingerprint density at radius 1 is 0.850 bits per heavy atom. The van der Waals surface area contributed by atoms with Crippen LogP contribution in [0.25, 0.3) is 0 Å². The summed E-state index contributed by atoms with van der Waals surface area (Å²) in [7, 11) is 0. The lowest BCUT2D eigenvalue weighted by molar-refractivity contribution is -0.393. The van der Waals surface area contributed by atoms with Crippen molar-refractivity contribution >= 4 is 64.4 Å². The van der Waals surface area contributed by atoms with Crippen LogP contribution in [-0.4, -0.2) is 114 Å². The number of carbonyl (C=O) groups excluding carboxylic acids is 7. The summed E-state index contributed by atoms with van der Waals surface area (Å²) in [5.74, 6) is -5.70. The van der Waals surface area contributed by atoms with Crippen molar-refractivity contribution in [2.24, 2.45) is 34.0 Å². The molecule has 1 aromatic carbocycles. The standard InChI is InChI=1S/C36H57N13O11/c1-6-20(4)30(35(56)43-21(5)32(53)41-17-28(50)44-23(31(37)52)9-7-13-40-36(38)39)46-29(51)18-42-33(54)24(15-19(2)3)45-34(55)26-10-8-14-47(26)25-12-11-22(48(57)58)16-27(25)49(59)60/h11-12,16,19-21,23-24,26,30H,6-10,13-15,17-18H2,1-5H3,(H2,37,52)(H,41,53)(H,42,54)(H,43,56)(H,44,50)(H,45,55)(H,46,51)(H4,38,39,40)/t20?,21-,23-,24-,26-,30-/m0/s1. The number of primary amides is 1. The van der Waals surface area contributed by atoms with Crippen molar-refractivity contribution < 1.29 is 43.4 Å². The van der Waals surface area contributed by atoms with Gasteiger partial charge in [-0.1, -0.05) is 34.1 Å². The Morgan fingerprint density at radius 3 is 2.05 bits per heavy atom. The lowest BCUT2D eigenvalue weighted by atomic mass is 9.98. The average molecular weight is 848 g/mol. The highest BCUT2D eigenvalue weighted by molar-refractivity contribution is 5.96. The molecule has 7 amide bonds. The summed E-state index contributed by atoms with van der Waals surface area (Å²) in [6.45, 7) is 7.77. The summed E-state index contributed by atoms with van der Waals surface area (Å²) in [5.41, 5.74) is 14.9. The molecule has 0 saturated carbocycles. The molecule has 1 heterocycles. The van der Waals surface area contributed by atoms with Crippen molar-refractivity contribution in [1.29, 1.82) is 0 Å². The quantitative estimate of drug-likeness (QED) is 0.0184. The molecule has 0 aromatic heterocycles. The Bertz CT molecular complexity index is 1790. The minimum Gasteiger partial charge on any atom is -0.370 e. The molecule has 332 valence electrons. The number of nitrogens with one attached hydrogen (secondary N) is 6. The minimum absolute atomic E-state index is 0.0198. The van der Waals surface area contributed by atoms with Crippen LogP contribution in [0.5, 0.6) is 0 Å². The maximum Gasteiger partial charge on any atom is 0.299 e. The molecule has 6 atom stereocenters. The van der Waals surface area contributed by atoms with Gasteiger partial charge >= 0.3 is 0 Å². The van der Waals surface area contributed by atoms with E-state index < -0.39 is 112 Å². The van der Waals surface area contributed by atoms with Gasteiger partial charge in [0.1, 0.15) is 35.9 Å². The first-order chi connectivity index (χ1) is 28.2. The van der Waals surface area contributed by atoms with Crippen LogP contribution < -0.4 is 54.0 Å². The third-order valence-electron chi connectivity index (χ3n) is 9.61. The Morgan fingerprint density at radius 2 is 1.48 bits per heavy atom. The Balaban J connectivity index is 2.01. The van der Waals surface area contributed by atoms with Crippen LogP contribution in [0, 0.1) is 32.1 Å². The number of amides is 7. The lowest BCUT2D eigenvalue weighted by Crippen LogP contribution is -2.57. The van der Waals surface area contributed by atoms with Crippen LogP contribution >= 0.6 is 0 Å². The molecule has 0 radical (unpaired) electrons. The maximum absolute atomic E-state index is 13.6. The van der Waals surface area contributed by atoms with E-state index in [1.54, 1.807) is 13.8 Å². The molecule has 0 aliphatic carbocycles. The molecule has 1 aromatic rings. The summed E-state index contributed by atoms with van der Waals surface area (Å²) < 4.78 is 0. The molecule has 1 saturated heterocycles. The molecule has 2 rings (SSSR count). The predicted molar refractivity (Wildman–Crippen MR) is 218 cm³/mol. The number of nitrogens with zero attached hydrogens (tertiary/aromatic N) is 4. The van der Waals surface area contributed by atoms with Gasteiger partial charge in [0.25, 0.3) is 11.4 Å². The van der Waals surface area contributed by atoms with Gasteiger partial charge in [-0.2, -0.15) is 0 Å². The monoisotopic (exact) mass is 847 g/mol. The molecule has 24 heteroatoms. The Kier molecular flexibility index (Phi) is 19.6. The van der Waals surface area contributed by atoms with Gasteiger partial charge in [0.05, 0.1) is 29.0 Å². The van der Waals surface area contributed by atoms with Crippen molar-refractivity contribution in [3.8, 4) is 0 Å². The number of guanidine groups is 1. The van der Waals surface area contributed by atoms with E-state index in [4.69, 9.17) is 17.2 Å². The summed E-state index contributed by atoms with van der Waals surface area (Å²) in [6.07, 6.45) is 1.83. The summed E-state index contributed by atoms with van der Waals surface area (Å²) in [5, 5.41) is 38.1. The predicted octanol–water partition coefficient (Wildman–Crippen LogP) is -1.71. The first-order valence-corrected chi connectivity index (χ1v) is 19.5. The van der Waals surface area contributed by atoms with E-state index in [2.05, 4.69) is 36.9 Å². The smallest absolute Gasteiger partial charge is 0.299 e. The maximum atomic E-state index is 13.6. The van der Waals surface area contributed by atoms with Crippen LogP contribution in [-0.2, 0) is 33.6 Å². The van der Waals surface area contributed by atoms with Gasteiger partial charge in [-0.05, 0) is 56.9 Å². The molecule has 1 aliphatic rings. The average Bonchev–Trinajstić information content (AvgIpc) is 3.68. The van der Waals surface area contributed by atoms with E-state index >= 15 is 0 Å². The molecule has 12 N–H and O–H groups in total. The van der Waals surface area contributed by atoms with Gasteiger partial charge in [0.2, 0.25) is 41.4 Å². The van der Waals surface area contributed by atoms with Crippen molar-refractivity contribution in [3.05, 3.63) is 38.4 Å². The van der Waals surface area contributed by atoms with Crippen molar-refractivity contribution in [2.45, 2.75) is 103 Å². The number of rotatable bonds is 24. The largest absolute Gasteiger partial charge is 0.370 e. The van der Waals surface area contributed by atoms with E-state index in [9.17, 15) is 53.8 Å². The molecular weight excluding hydrogens is 790 g/mol. The highest BCUT2D eigenvalue weighted by atomic mass is 16.6. The zero-order valence-corrected chi connectivity index (χ0v) is 34.4. The summed E-state index contributed by atoms with van der Waals surface area (Å²) in [4.78, 5) is 117. The van der Waals surface area contributed by atoms with Crippen LogP contribution in [0.4, 0.5) is 17.1 Å². The van der Waals surface area contributed by atoms with Gasteiger partial charge in [-0.25, -0.2) is 0 Å². The van der Waals surface area contributed by atoms with Gasteiger partial charge in [-0.15, -0.1) is 0 Å². The van der Waals surface area contributed by atoms with Gasteiger partial charge in [0, 0.05) is 19.2 Å². The second kappa shape index (κ2) is 23.7. The lowest BCUT2D eigenvalue weighted by Gasteiger charge is -2.28. The van der Waals surface area contributed by atoms with Gasteiger partial charge < -0.3 is 54.0 Å². The van der Waals surface area contributed by atoms with E-state index in [0.717, 1.165) is 12.1 Å². The number of nitrogens with two attached hydrogens (primary N) is 3. The number of carbonyl (C=O) groups is 7. The molecule has 24 nitrogen and oxygen atoms in total. The number of aliphatic imine (C=N–C) groups is 1. The Labute approximate surface area is 346 Å². The third-order valence-corrected chi connectivity index (χ3v) is 9.61.